The molecular formula is C41H26N4O. The largest absolute Gasteiger partial charge is 0.456 e. The van der Waals surface area contributed by atoms with Crippen molar-refractivity contribution in [1.82, 2.24) is 9.88 Å². The summed E-state index contributed by atoms with van der Waals surface area (Å²) in [5, 5.41) is 17.8. The van der Waals surface area contributed by atoms with Crippen LogP contribution in [0.2, 0.25) is 0 Å². The SMILES string of the molecule is N#Cc1cccc(C2=NC(c3cccc(-n4c5ccccc5c5cc6oc7ccccc7c6cc54)c3)NC(c3ccccc3)=C2)c1. The van der Waals surface area contributed by atoms with Gasteiger partial charge in [-0.1, -0.05) is 91.0 Å². The van der Waals surface area contributed by atoms with Crippen molar-refractivity contribution in [3.8, 4) is 11.8 Å². The molecule has 3 heterocycles. The third-order valence-corrected chi connectivity index (χ3v) is 8.83. The molecule has 0 bridgehead atoms. The average Bonchev–Trinajstić information content (AvgIpc) is 3.65. The van der Waals surface area contributed by atoms with Gasteiger partial charge in [-0.2, -0.15) is 5.26 Å². The molecule has 6 aromatic carbocycles. The number of aromatic nitrogens is 1. The zero-order chi connectivity index (χ0) is 30.6. The molecule has 1 atom stereocenters. The van der Waals surface area contributed by atoms with Crippen LogP contribution in [0.25, 0.3) is 55.1 Å². The molecule has 0 spiro atoms. The molecule has 8 aromatic rings. The van der Waals surface area contributed by atoms with Crippen LogP contribution in [-0.4, -0.2) is 10.3 Å². The van der Waals surface area contributed by atoms with Gasteiger partial charge in [0.2, 0.25) is 0 Å². The summed E-state index contributed by atoms with van der Waals surface area (Å²) >= 11 is 0. The fourth-order valence-corrected chi connectivity index (χ4v) is 6.68. The van der Waals surface area contributed by atoms with E-state index in [-0.39, 0.29) is 6.17 Å². The highest BCUT2D eigenvalue weighted by molar-refractivity contribution is 6.17. The van der Waals surface area contributed by atoms with Crippen LogP contribution in [0.5, 0.6) is 0 Å². The van der Waals surface area contributed by atoms with Crippen molar-refractivity contribution in [2.24, 2.45) is 4.99 Å². The van der Waals surface area contributed by atoms with Gasteiger partial charge in [0.25, 0.3) is 0 Å². The lowest BCUT2D eigenvalue weighted by Gasteiger charge is -2.25. The summed E-state index contributed by atoms with van der Waals surface area (Å²) < 4.78 is 8.62. The van der Waals surface area contributed by atoms with Gasteiger partial charge in [-0.15, -0.1) is 0 Å². The van der Waals surface area contributed by atoms with E-state index in [0.717, 1.165) is 72.1 Å². The summed E-state index contributed by atoms with van der Waals surface area (Å²) in [7, 11) is 0. The first-order chi connectivity index (χ1) is 22.7. The maximum Gasteiger partial charge on any atom is 0.145 e. The van der Waals surface area contributed by atoms with Crippen molar-refractivity contribution in [2.75, 3.05) is 0 Å². The van der Waals surface area contributed by atoms with E-state index < -0.39 is 0 Å². The highest BCUT2D eigenvalue weighted by Crippen LogP contribution is 2.38. The van der Waals surface area contributed by atoms with Crippen LogP contribution in [0.15, 0.2) is 155 Å². The number of allylic oxidation sites excluding steroid dienone is 1. The topological polar surface area (TPSA) is 66.2 Å². The van der Waals surface area contributed by atoms with Crippen LogP contribution in [0.3, 0.4) is 0 Å². The molecule has 1 aliphatic heterocycles. The normalized spacial score (nSPS) is 14.7. The first-order valence-corrected chi connectivity index (χ1v) is 15.3. The van der Waals surface area contributed by atoms with E-state index >= 15 is 0 Å². The Hall–Kier alpha value is -6.38. The van der Waals surface area contributed by atoms with Crippen LogP contribution >= 0.6 is 0 Å². The van der Waals surface area contributed by atoms with Crippen LogP contribution in [0.1, 0.15) is 28.4 Å². The predicted molar refractivity (Wildman–Crippen MR) is 186 cm³/mol. The maximum absolute atomic E-state index is 9.56. The number of aliphatic imine (C=N–C) groups is 1. The number of nitrogens with one attached hydrogen (secondary N) is 1. The summed E-state index contributed by atoms with van der Waals surface area (Å²) in [6.07, 6.45) is 1.73. The molecule has 216 valence electrons. The monoisotopic (exact) mass is 590 g/mol. The molecule has 1 N–H and O–H groups in total. The molecule has 0 fully saturated rings. The van der Waals surface area contributed by atoms with E-state index in [0.29, 0.717) is 5.56 Å². The van der Waals surface area contributed by atoms with Gasteiger partial charge >= 0.3 is 0 Å². The molecule has 5 heteroatoms. The Balaban J connectivity index is 1.22. The Kier molecular flexibility index (Phi) is 5.87. The van der Waals surface area contributed by atoms with Crippen LogP contribution in [0.4, 0.5) is 0 Å². The standard InChI is InChI=1S/C41H26N4O/c42-25-26-10-8-13-28(20-26)36-24-35(27-11-2-1-3-12-27)43-41(44-36)29-14-9-15-30(21-29)45-37-18-6-4-16-31(37)33-23-40-34(22-38(33)45)32-17-5-7-19-39(32)46-40/h1-24,41,43H. The molecule has 9 rings (SSSR count). The number of nitriles is 1. The van der Waals surface area contributed by atoms with Crippen LogP contribution in [-0.2, 0) is 0 Å². The van der Waals surface area contributed by atoms with Crippen molar-refractivity contribution >= 4 is 55.2 Å². The lowest BCUT2D eigenvalue weighted by Crippen LogP contribution is -2.25. The summed E-state index contributed by atoms with van der Waals surface area (Å²) in [4.78, 5) is 5.19. The Morgan fingerprint density at radius 1 is 0.630 bits per heavy atom. The third-order valence-electron chi connectivity index (χ3n) is 8.83. The highest BCUT2D eigenvalue weighted by atomic mass is 16.3. The minimum Gasteiger partial charge on any atom is -0.456 e. The van der Waals surface area contributed by atoms with Crippen molar-refractivity contribution in [1.29, 1.82) is 5.26 Å². The summed E-state index contributed by atoms with van der Waals surface area (Å²) in [6, 6.07) is 50.0. The maximum atomic E-state index is 9.56. The summed E-state index contributed by atoms with van der Waals surface area (Å²) in [6.45, 7) is 0. The summed E-state index contributed by atoms with van der Waals surface area (Å²) in [5.41, 5.74) is 10.5. The average molecular weight is 591 g/mol. The minimum atomic E-state index is -0.335. The van der Waals surface area contributed by atoms with Crippen molar-refractivity contribution in [3.63, 3.8) is 0 Å². The second kappa shape index (κ2) is 10.4. The number of benzene rings is 6. The van der Waals surface area contributed by atoms with Gasteiger partial charge in [-0.25, -0.2) is 0 Å². The third kappa shape index (κ3) is 4.20. The van der Waals surface area contributed by atoms with Crippen LogP contribution in [0, 0.1) is 11.3 Å². The minimum absolute atomic E-state index is 0.335. The molecule has 1 aliphatic rings. The molecule has 0 saturated carbocycles. The van der Waals surface area contributed by atoms with E-state index in [1.807, 2.05) is 54.6 Å². The van der Waals surface area contributed by atoms with Crippen LogP contribution < -0.4 is 5.32 Å². The Labute approximate surface area is 265 Å². The van der Waals surface area contributed by atoms with E-state index in [2.05, 4.69) is 107 Å². The second-order valence-corrected chi connectivity index (χ2v) is 11.6. The lowest BCUT2D eigenvalue weighted by molar-refractivity contribution is 0.663. The number of nitrogens with zero attached hydrogens (tertiary/aromatic N) is 3. The molecule has 0 aliphatic carbocycles. The lowest BCUT2D eigenvalue weighted by atomic mass is 10.0. The number of para-hydroxylation sites is 2. The first kappa shape index (κ1) is 26.1. The number of furan rings is 1. The molecule has 0 radical (unpaired) electrons. The van der Waals surface area contributed by atoms with Crippen molar-refractivity contribution in [2.45, 2.75) is 6.17 Å². The molecular weight excluding hydrogens is 564 g/mol. The molecule has 5 nitrogen and oxygen atoms in total. The van der Waals surface area contributed by atoms with Gasteiger partial charge < -0.3 is 14.3 Å². The van der Waals surface area contributed by atoms with E-state index in [1.54, 1.807) is 0 Å². The zero-order valence-electron chi connectivity index (χ0n) is 24.7. The zero-order valence-corrected chi connectivity index (χ0v) is 24.7. The Morgan fingerprint density at radius 3 is 2.30 bits per heavy atom. The Bertz CT molecular complexity index is 2580. The number of hydrogen-bond donors (Lipinski definition) is 1. The number of hydrogen-bond acceptors (Lipinski definition) is 4. The van der Waals surface area contributed by atoms with Gasteiger partial charge in [0, 0.05) is 38.5 Å². The van der Waals surface area contributed by atoms with Crippen molar-refractivity contribution in [3.05, 3.63) is 168 Å². The summed E-state index contributed by atoms with van der Waals surface area (Å²) in [5.74, 6) is 0. The van der Waals surface area contributed by atoms with E-state index in [1.165, 1.54) is 5.39 Å². The van der Waals surface area contributed by atoms with E-state index in [4.69, 9.17) is 9.41 Å². The van der Waals surface area contributed by atoms with Crippen molar-refractivity contribution < 1.29 is 4.42 Å². The fourth-order valence-electron chi connectivity index (χ4n) is 6.68. The predicted octanol–water partition coefficient (Wildman–Crippen LogP) is 9.69. The highest BCUT2D eigenvalue weighted by Gasteiger charge is 2.22. The molecule has 2 aromatic heterocycles. The molecule has 0 amide bonds. The second-order valence-electron chi connectivity index (χ2n) is 11.6. The molecule has 46 heavy (non-hydrogen) atoms. The van der Waals surface area contributed by atoms with E-state index in [9.17, 15) is 5.26 Å². The number of rotatable bonds is 4. The van der Waals surface area contributed by atoms with Gasteiger partial charge in [0.1, 0.15) is 17.3 Å². The smallest absolute Gasteiger partial charge is 0.145 e. The number of fused-ring (bicyclic) bond motifs is 6. The fraction of sp³-hybridized carbons (Fsp3) is 0.0244. The van der Waals surface area contributed by atoms with Gasteiger partial charge in [-0.3, -0.25) is 4.99 Å². The molecule has 1 unspecified atom stereocenters. The van der Waals surface area contributed by atoms with Gasteiger partial charge in [0.05, 0.1) is 28.4 Å². The molecule has 0 saturated heterocycles. The van der Waals surface area contributed by atoms with Gasteiger partial charge in [0.15, 0.2) is 0 Å². The first-order valence-electron chi connectivity index (χ1n) is 15.3. The van der Waals surface area contributed by atoms with Gasteiger partial charge in [-0.05, 0) is 65.7 Å². The Morgan fingerprint density at radius 2 is 1.41 bits per heavy atom. The quantitative estimate of drug-likeness (QED) is 0.222.